The first-order valence-corrected chi connectivity index (χ1v) is 11.6. The van der Waals surface area contributed by atoms with E-state index >= 15 is 0 Å². The maximum absolute atomic E-state index is 13.3. The molecule has 34 heavy (non-hydrogen) atoms. The molecule has 2 atom stereocenters. The van der Waals surface area contributed by atoms with Gasteiger partial charge < -0.3 is 9.64 Å². The van der Waals surface area contributed by atoms with Gasteiger partial charge >= 0.3 is 0 Å². The molecule has 3 heterocycles. The summed E-state index contributed by atoms with van der Waals surface area (Å²) in [6.45, 7) is 4.75. The van der Waals surface area contributed by atoms with Crippen LogP contribution in [-0.4, -0.2) is 21.9 Å². The number of carbonyl (C=O) groups is 1. The van der Waals surface area contributed by atoms with Gasteiger partial charge in [-0.1, -0.05) is 44.2 Å². The van der Waals surface area contributed by atoms with Crippen molar-refractivity contribution in [2.24, 2.45) is 5.41 Å². The van der Waals surface area contributed by atoms with Gasteiger partial charge in [0.1, 0.15) is 5.76 Å². The minimum absolute atomic E-state index is 0.00753. The normalized spacial score (nSPS) is 22.8. The Balaban J connectivity index is 1.50. The summed E-state index contributed by atoms with van der Waals surface area (Å²) in [5.74, 6) is 1.00. The number of carbonyl (C=O) groups excluding carboxylic acids is 1. The van der Waals surface area contributed by atoms with Crippen molar-refractivity contribution >= 4 is 28.1 Å². The predicted octanol–water partition coefficient (Wildman–Crippen LogP) is 5.64. The maximum Gasteiger partial charge on any atom is 0.269 e. The fourth-order valence-corrected chi connectivity index (χ4v) is 5.75. The second-order valence-electron chi connectivity index (χ2n) is 10.3. The lowest BCUT2D eigenvalue weighted by Gasteiger charge is -2.49. The quantitative estimate of drug-likeness (QED) is 0.375. The molecule has 3 aromatic rings. The van der Waals surface area contributed by atoms with E-state index in [1.54, 1.807) is 18.3 Å². The van der Waals surface area contributed by atoms with Crippen molar-refractivity contribution in [2.45, 2.75) is 51.8 Å². The number of anilines is 1. The molecule has 6 rings (SSSR count). The third kappa shape index (κ3) is 3.26. The zero-order valence-electron chi connectivity index (χ0n) is 19.2. The Morgan fingerprint density at radius 3 is 2.71 bits per heavy atom. The molecule has 1 aliphatic carbocycles. The topological polar surface area (TPSA) is 85.6 Å². The largest absolute Gasteiger partial charge is 0.474 e. The van der Waals surface area contributed by atoms with E-state index in [-0.39, 0.29) is 34.0 Å². The highest BCUT2D eigenvalue weighted by Gasteiger charge is 2.47. The van der Waals surface area contributed by atoms with Gasteiger partial charge in [-0.25, -0.2) is 0 Å². The molecule has 7 heteroatoms. The van der Waals surface area contributed by atoms with Crippen LogP contribution in [-0.2, 0) is 16.1 Å². The Morgan fingerprint density at radius 1 is 1.15 bits per heavy atom. The monoisotopic (exact) mass is 455 g/mol. The molecule has 0 N–H and O–H groups in total. The van der Waals surface area contributed by atoms with Crippen LogP contribution in [0.3, 0.4) is 0 Å². The number of Topliss-reactive ketones (excluding diaryl/α,β-unsaturated/α-hetero) is 1. The Labute approximate surface area is 197 Å². The number of ketones is 1. The lowest BCUT2D eigenvalue weighted by atomic mass is 9.69. The number of fused-ring (bicyclic) bond motifs is 7. The number of ether oxygens (including phenoxy) is 1. The maximum atomic E-state index is 13.3. The lowest BCUT2D eigenvalue weighted by Crippen LogP contribution is -2.47. The van der Waals surface area contributed by atoms with E-state index in [1.165, 1.54) is 12.1 Å². The van der Waals surface area contributed by atoms with E-state index in [0.29, 0.717) is 19.4 Å². The summed E-state index contributed by atoms with van der Waals surface area (Å²) in [5, 5.41) is 12.1. The van der Waals surface area contributed by atoms with Crippen LogP contribution in [0.25, 0.3) is 10.9 Å². The summed E-state index contributed by atoms with van der Waals surface area (Å²) in [7, 11) is 0. The van der Waals surface area contributed by atoms with E-state index < -0.39 is 0 Å². The van der Waals surface area contributed by atoms with Crippen molar-refractivity contribution in [1.82, 2.24) is 4.98 Å². The number of hydrogen-bond acceptors (Lipinski definition) is 6. The van der Waals surface area contributed by atoms with Crippen molar-refractivity contribution in [3.63, 3.8) is 0 Å². The van der Waals surface area contributed by atoms with Crippen LogP contribution in [0, 0.1) is 15.5 Å². The van der Waals surface area contributed by atoms with Gasteiger partial charge in [-0.3, -0.25) is 19.9 Å². The first kappa shape index (κ1) is 20.8. The molecule has 1 aromatic heterocycles. The smallest absolute Gasteiger partial charge is 0.269 e. The first-order valence-electron chi connectivity index (χ1n) is 11.6. The number of rotatable bonds is 3. The molecular formula is C27H25N3O4. The van der Waals surface area contributed by atoms with Gasteiger partial charge in [0, 0.05) is 61.0 Å². The highest BCUT2D eigenvalue weighted by Crippen LogP contribution is 2.53. The third-order valence-corrected chi connectivity index (χ3v) is 7.23. The molecule has 2 aromatic carbocycles. The van der Waals surface area contributed by atoms with Crippen LogP contribution in [0.4, 0.5) is 11.4 Å². The zero-order valence-corrected chi connectivity index (χ0v) is 19.2. The summed E-state index contributed by atoms with van der Waals surface area (Å²) < 4.78 is 6.57. The van der Waals surface area contributed by atoms with Crippen LogP contribution in [0.2, 0.25) is 0 Å². The van der Waals surface area contributed by atoms with Gasteiger partial charge in [0.05, 0.1) is 16.1 Å². The molecule has 0 fully saturated rings. The Hall–Kier alpha value is -3.74. The first-order chi connectivity index (χ1) is 16.3. The lowest BCUT2D eigenvalue weighted by molar-refractivity contribution is -0.384. The molecule has 0 spiro atoms. The van der Waals surface area contributed by atoms with Crippen molar-refractivity contribution < 1.29 is 14.5 Å². The number of allylic oxidation sites excluding steroid dienone is 2. The molecular weight excluding hydrogens is 430 g/mol. The fraction of sp³-hybridized carbons (Fsp3) is 0.333. The van der Waals surface area contributed by atoms with Gasteiger partial charge in [-0.2, -0.15) is 0 Å². The highest BCUT2D eigenvalue weighted by atomic mass is 16.6. The number of non-ortho nitro benzene ring substituents is 1. The molecule has 0 saturated heterocycles. The van der Waals surface area contributed by atoms with Crippen LogP contribution < -0.4 is 4.90 Å². The number of pyridine rings is 1. The Kier molecular flexibility index (Phi) is 4.52. The molecule has 2 aliphatic heterocycles. The average molecular weight is 456 g/mol. The van der Waals surface area contributed by atoms with E-state index in [4.69, 9.17) is 9.72 Å². The second kappa shape index (κ2) is 7.38. The van der Waals surface area contributed by atoms with Gasteiger partial charge in [-0.15, -0.1) is 0 Å². The molecule has 0 radical (unpaired) electrons. The Bertz CT molecular complexity index is 1380. The summed E-state index contributed by atoms with van der Waals surface area (Å²) in [4.78, 5) is 30.9. The van der Waals surface area contributed by atoms with Crippen LogP contribution >= 0.6 is 0 Å². The van der Waals surface area contributed by atoms with Crippen molar-refractivity contribution in [2.75, 3.05) is 4.90 Å². The minimum atomic E-state index is -0.387. The third-order valence-electron chi connectivity index (χ3n) is 7.23. The number of benzene rings is 2. The molecule has 2 bridgehead atoms. The zero-order chi connectivity index (χ0) is 23.6. The number of nitro benzene ring substituents is 1. The molecule has 0 unspecified atom stereocenters. The summed E-state index contributed by atoms with van der Waals surface area (Å²) in [6.07, 6.45) is 3.53. The van der Waals surface area contributed by atoms with Gasteiger partial charge in [-0.05, 0) is 22.6 Å². The molecule has 172 valence electrons. The molecule has 0 saturated carbocycles. The number of aromatic nitrogens is 1. The van der Waals surface area contributed by atoms with Crippen molar-refractivity contribution in [3.05, 3.63) is 87.3 Å². The number of nitrogens with zero attached hydrogens (tertiary/aromatic N) is 3. The highest BCUT2D eigenvalue weighted by molar-refractivity contribution is 6.01. The van der Waals surface area contributed by atoms with Gasteiger partial charge in [0.15, 0.2) is 12.0 Å². The number of nitro groups is 1. The summed E-state index contributed by atoms with van der Waals surface area (Å²) in [6, 6.07) is 14.8. The number of hydrogen-bond donors (Lipinski definition) is 0. The summed E-state index contributed by atoms with van der Waals surface area (Å²) in [5.41, 5.74) is 4.71. The van der Waals surface area contributed by atoms with Crippen LogP contribution in [0.1, 0.15) is 50.2 Å². The van der Waals surface area contributed by atoms with Crippen molar-refractivity contribution in [1.29, 1.82) is 0 Å². The summed E-state index contributed by atoms with van der Waals surface area (Å²) >= 11 is 0. The fourth-order valence-electron chi connectivity index (χ4n) is 5.75. The standard InChI is InChI=1S/C27H25N3O4/c1-27(2)13-21(31)24-20-12-23(34-22(24)14-27)29(15-16-5-8-18(9-6-16)30(32)33)26-19(20)10-7-17-4-3-11-28-25(17)26/h3-11,20,23H,12-15H2,1-2H3/t20-,23+/m1/s1. The average Bonchev–Trinajstić information content (AvgIpc) is 2.80. The van der Waals surface area contributed by atoms with Crippen LogP contribution in [0.15, 0.2) is 66.1 Å². The molecule has 7 nitrogen and oxygen atoms in total. The molecule has 0 amide bonds. The van der Waals surface area contributed by atoms with Gasteiger partial charge in [0.2, 0.25) is 0 Å². The van der Waals surface area contributed by atoms with E-state index in [2.05, 4.69) is 30.9 Å². The predicted molar refractivity (Wildman–Crippen MR) is 128 cm³/mol. The van der Waals surface area contributed by atoms with Gasteiger partial charge in [0.25, 0.3) is 5.69 Å². The second-order valence-corrected chi connectivity index (χ2v) is 10.3. The SMILES string of the molecule is CC1(C)CC(=O)C2=C(C1)O[C@H]1C[C@@H]2c2ccc3cccnc3c2N1Cc1ccc([N+](=O)[O-])cc1. The van der Waals surface area contributed by atoms with Crippen molar-refractivity contribution in [3.8, 4) is 0 Å². The van der Waals surface area contributed by atoms with E-state index in [0.717, 1.165) is 45.5 Å². The molecule has 3 aliphatic rings. The Morgan fingerprint density at radius 2 is 1.94 bits per heavy atom. The van der Waals surface area contributed by atoms with Crippen LogP contribution in [0.5, 0.6) is 0 Å². The minimum Gasteiger partial charge on any atom is -0.474 e. The van der Waals surface area contributed by atoms with E-state index in [9.17, 15) is 14.9 Å². The van der Waals surface area contributed by atoms with E-state index in [1.807, 2.05) is 12.1 Å².